The van der Waals surface area contributed by atoms with Gasteiger partial charge < -0.3 is 15.2 Å². The van der Waals surface area contributed by atoms with Crippen LogP contribution in [0.5, 0.6) is 0 Å². The zero-order chi connectivity index (χ0) is 22.3. The maximum Gasteiger partial charge on any atom is 0.255 e. The lowest BCUT2D eigenvalue weighted by atomic mass is 9.85. The largest absolute Gasteiger partial charge is 0.325 e. The molecule has 0 spiro atoms. The molecule has 3 aromatic rings. The van der Waals surface area contributed by atoms with Crippen LogP contribution in [0, 0.1) is 0 Å². The average molecular weight is 430 g/mol. The van der Waals surface area contributed by atoms with Crippen LogP contribution in [0.2, 0.25) is 0 Å². The number of carbonyl (C=O) groups excluding carboxylic acids is 2. The first-order valence-corrected chi connectivity index (χ1v) is 11.2. The standard InChI is InChI=1S/C25H27N5O2/c1-25(2)19-15-17(10-13-20(19)27-24(25)32)23(31)26-18-11-8-16(9-12-18)22-29-28-21-7-5-3-4-6-14-30(21)22/h8-13,15H,3-7,14H2,1-2H3,(H,26,31)(H,27,32). The summed E-state index contributed by atoms with van der Waals surface area (Å²) in [4.78, 5) is 25.0. The van der Waals surface area contributed by atoms with Gasteiger partial charge in [0.1, 0.15) is 5.82 Å². The average Bonchev–Trinajstić information content (AvgIpc) is 3.25. The minimum absolute atomic E-state index is 0.0531. The van der Waals surface area contributed by atoms with Crippen molar-refractivity contribution in [2.45, 2.75) is 57.9 Å². The van der Waals surface area contributed by atoms with E-state index in [2.05, 4.69) is 25.4 Å². The van der Waals surface area contributed by atoms with E-state index in [1.54, 1.807) is 18.2 Å². The number of benzene rings is 2. The van der Waals surface area contributed by atoms with Crippen molar-refractivity contribution in [1.82, 2.24) is 14.8 Å². The Morgan fingerprint density at radius 2 is 1.81 bits per heavy atom. The van der Waals surface area contributed by atoms with E-state index in [4.69, 9.17) is 0 Å². The van der Waals surface area contributed by atoms with Crippen LogP contribution in [0.15, 0.2) is 42.5 Å². The molecule has 2 aromatic carbocycles. The molecular weight excluding hydrogens is 402 g/mol. The van der Waals surface area contributed by atoms with E-state index in [0.717, 1.165) is 54.3 Å². The summed E-state index contributed by atoms with van der Waals surface area (Å²) in [6.07, 6.45) is 5.77. The lowest BCUT2D eigenvalue weighted by molar-refractivity contribution is -0.119. The fraction of sp³-hybridized carbons (Fsp3) is 0.360. The van der Waals surface area contributed by atoms with Crippen molar-refractivity contribution in [2.75, 3.05) is 10.6 Å². The summed E-state index contributed by atoms with van der Waals surface area (Å²) in [7, 11) is 0. The maximum absolute atomic E-state index is 12.8. The molecule has 5 rings (SSSR count). The quantitative estimate of drug-likeness (QED) is 0.640. The molecule has 7 nitrogen and oxygen atoms in total. The molecule has 3 heterocycles. The van der Waals surface area contributed by atoms with E-state index in [-0.39, 0.29) is 11.8 Å². The molecule has 0 saturated heterocycles. The van der Waals surface area contributed by atoms with E-state index in [1.807, 2.05) is 38.1 Å². The van der Waals surface area contributed by atoms with E-state index in [9.17, 15) is 9.59 Å². The summed E-state index contributed by atoms with van der Waals surface area (Å²) < 4.78 is 2.23. The molecule has 164 valence electrons. The molecule has 0 atom stereocenters. The van der Waals surface area contributed by atoms with Gasteiger partial charge in [-0.05, 0) is 74.7 Å². The third kappa shape index (κ3) is 3.57. The highest BCUT2D eigenvalue weighted by molar-refractivity contribution is 6.09. The molecule has 0 saturated carbocycles. The summed E-state index contributed by atoms with van der Waals surface area (Å²) in [6, 6.07) is 13.0. The molecule has 2 aliphatic heterocycles. The van der Waals surface area contributed by atoms with Gasteiger partial charge in [-0.15, -0.1) is 10.2 Å². The molecule has 32 heavy (non-hydrogen) atoms. The number of anilines is 2. The van der Waals surface area contributed by atoms with Crippen molar-refractivity contribution >= 4 is 23.2 Å². The van der Waals surface area contributed by atoms with Gasteiger partial charge in [-0.25, -0.2) is 0 Å². The predicted molar refractivity (Wildman–Crippen MR) is 124 cm³/mol. The summed E-state index contributed by atoms with van der Waals surface area (Å²) in [5.74, 6) is 1.69. The highest BCUT2D eigenvalue weighted by atomic mass is 16.2. The van der Waals surface area contributed by atoms with Crippen LogP contribution in [-0.4, -0.2) is 26.6 Å². The zero-order valence-corrected chi connectivity index (χ0v) is 18.4. The molecule has 0 aliphatic carbocycles. The summed E-state index contributed by atoms with van der Waals surface area (Å²) >= 11 is 0. The Morgan fingerprint density at radius 3 is 2.62 bits per heavy atom. The van der Waals surface area contributed by atoms with Gasteiger partial charge in [-0.1, -0.05) is 12.8 Å². The minimum Gasteiger partial charge on any atom is -0.325 e. The topological polar surface area (TPSA) is 88.9 Å². The Kier molecular flexibility index (Phi) is 5.04. The number of rotatable bonds is 3. The molecule has 2 aliphatic rings. The van der Waals surface area contributed by atoms with E-state index < -0.39 is 5.41 Å². The molecule has 2 N–H and O–H groups in total. The van der Waals surface area contributed by atoms with Crippen LogP contribution in [0.3, 0.4) is 0 Å². The fourth-order valence-electron chi connectivity index (χ4n) is 4.49. The van der Waals surface area contributed by atoms with Crippen molar-refractivity contribution in [2.24, 2.45) is 0 Å². The van der Waals surface area contributed by atoms with Crippen molar-refractivity contribution < 1.29 is 9.59 Å². The van der Waals surface area contributed by atoms with Gasteiger partial charge in [0.2, 0.25) is 5.91 Å². The van der Waals surface area contributed by atoms with Crippen molar-refractivity contribution in [3.05, 3.63) is 59.4 Å². The second-order valence-electron chi connectivity index (χ2n) is 9.13. The molecule has 2 amide bonds. The van der Waals surface area contributed by atoms with Gasteiger partial charge in [0.15, 0.2) is 5.82 Å². The van der Waals surface area contributed by atoms with Crippen molar-refractivity contribution in [3.8, 4) is 11.4 Å². The number of aromatic nitrogens is 3. The number of hydrogen-bond donors (Lipinski definition) is 2. The molecule has 0 unspecified atom stereocenters. The minimum atomic E-state index is -0.650. The SMILES string of the molecule is CC1(C)C(=O)Nc2ccc(C(=O)Nc3ccc(-c4nnc5n4CCCCCC5)cc3)cc21. The smallest absolute Gasteiger partial charge is 0.255 e. The van der Waals surface area contributed by atoms with Crippen LogP contribution in [0.25, 0.3) is 11.4 Å². The first-order valence-electron chi connectivity index (χ1n) is 11.2. The van der Waals surface area contributed by atoms with Crippen molar-refractivity contribution in [3.63, 3.8) is 0 Å². The highest BCUT2D eigenvalue weighted by Crippen LogP contribution is 2.37. The van der Waals surface area contributed by atoms with Gasteiger partial charge in [0.05, 0.1) is 5.41 Å². The number of nitrogens with one attached hydrogen (secondary N) is 2. The van der Waals surface area contributed by atoms with Gasteiger partial charge in [-0.2, -0.15) is 0 Å². The Bertz CT molecular complexity index is 1190. The number of aryl methyl sites for hydroxylation is 1. The summed E-state index contributed by atoms with van der Waals surface area (Å²) in [5.41, 5.74) is 3.18. The van der Waals surface area contributed by atoms with Gasteiger partial charge in [0, 0.05) is 35.5 Å². The predicted octanol–water partition coefficient (Wildman–Crippen LogP) is 4.54. The van der Waals surface area contributed by atoms with E-state index in [1.165, 1.54) is 12.8 Å². The number of amides is 2. The van der Waals surface area contributed by atoms with Crippen LogP contribution < -0.4 is 10.6 Å². The number of fused-ring (bicyclic) bond motifs is 2. The first kappa shape index (κ1) is 20.4. The molecule has 7 heteroatoms. The van der Waals surface area contributed by atoms with E-state index in [0.29, 0.717) is 11.3 Å². The van der Waals surface area contributed by atoms with Gasteiger partial charge in [0.25, 0.3) is 5.91 Å². The Balaban J connectivity index is 1.34. The lowest BCUT2D eigenvalue weighted by Crippen LogP contribution is -2.27. The third-order valence-electron chi connectivity index (χ3n) is 6.53. The monoisotopic (exact) mass is 429 g/mol. The Hall–Kier alpha value is -3.48. The number of carbonyl (C=O) groups is 2. The number of nitrogens with zero attached hydrogens (tertiary/aromatic N) is 3. The Morgan fingerprint density at radius 1 is 1.03 bits per heavy atom. The summed E-state index contributed by atoms with van der Waals surface area (Å²) in [5, 5.41) is 14.7. The molecule has 0 bridgehead atoms. The lowest BCUT2D eigenvalue weighted by Gasteiger charge is -2.16. The summed E-state index contributed by atoms with van der Waals surface area (Å²) in [6.45, 7) is 4.67. The molecule has 0 fully saturated rings. The maximum atomic E-state index is 12.8. The van der Waals surface area contributed by atoms with Gasteiger partial charge in [-0.3, -0.25) is 9.59 Å². The van der Waals surface area contributed by atoms with Crippen LogP contribution in [0.1, 0.15) is 61.3 Å². The second-order valence-corrected chi connectivity index (χ2v) is 9.13. The third-order valence-corrected chi connectivity index (χ3v) is 6.53. The second kappa shape index (κ2) is 7.89. The molecule has 1 aromatic heterocycles. The van der Waals surface area contributed by atoms with Crippen LogP contribution in [-0.2, 0) is 23.2 Å². The highest BCUT2D eigenvalue weighted by Gasteiger charge is 2.38. The molecular formula is C25H27N5O2. The van der Waals surface area contributed by atoms with E-state index >= 15 is 0 Å². The van der Waals surface area contributed by atoms with Crippen LogP contribution in [0.4, 0.5) is 11.4 Å². The van der Waals surface area contributed by atoms with Crippen molar-refractivity contribution in [1.29, 1.82) is 0 Å². The van der Waals surface area contributed by atoms with Gasteiger partial charge >= 0.3 is 0 Å². The number of hydrogen-bond acceptors (Lipinski definition) is 4. The normalized spacial score (nSPS) is 17.0. The molecule has 0 radical (unpaired) electrons. The fourth-order valence-corrected chi connectivity index (χ4v) is 4.49. The zero-order valence-electron chi connectivity index (χ0n) is 18.4. The van der Waals surface area contributed by atoms with Crippen LogP contribution >= 0.6 is 0 Å². The first-order chi connectivity index (χ1) is 15.4. The Labute approximate surface area is 187 Å².